The Balaban J connectivity index is 2.66. The van der Waals surface area contributed by atoms with Crippen LogP contribution in [0.25, 0.3) is 0 Å². The second-order valence-electron chi connectivity index (χ2n) is 4.90. The van der Waals surface area contributed by atoms with Gasteiger partial charge in [0.2, 0.25) is 0 Å². The van der Waals surface area contributed by atoms with Crippen molar-refractivity contribution in [1.29, 1.82) is 0 Å². The number of rotatable bonds is 8. The fourth-order valence-corrected chi connectivity index (χ4v) is 2.62. The third-order valence-corrected chi connectivity index (χ3v) is 4.13. The molecule has 1 rings (SSSR count). The van der Waals surface area contributed by atoms with Gasteiger partial charge in [0.1, 0.15) is 5.75 Å². The lowest BCUT2D eigenvalue weighted by molar-refractivity contribution is 0.245. The molecule has 0 spiro atoms. The van der Waals surface area contributed by atoms with Crippen LogP contribution in [0.15, 0.2) is 18.2 Å². The lowest BCUT2D eigenvalue weighted by atomic mass is 10.1. The average molecular weight is 282 g/mol. The van der Waals surface area contributed by atoms with Crippen molar-refractivity contribution in [2.75, 3.05) is 26.2 Å². The molecule has 2 N–H and O–H groups in total. The maximum atomic E-state index is 5.76. The van der Waals surface area contributed by atoms with Gasteiger partial charge in [-0.25, -0.2) is 0 Å². The van der Waals surface area contributed by atoms with Gasteiger partial charge in [-0.15, -0.1) is 0 Å². The molecular formula is C15H26N2OS. The van der Waals surface area contributed by atoms with Crippen LogP contribution < -0.4 is 10.5 Å². The molecule has 3 nitrogen and oxygen atoms in total. The number of benzene rings is 1. The molecule has 1 atom stereocenters. The normalized spacial score (nSPS) is 12.7. The average Bonchev–Trinajstić information content (AvgIpc) is 2.44. The monoisotopic (exact) mass is 282 g/mol. The molecule has 0 aliphatic heterocycles. The summed E-state index contributed by atoms with van der Waals surface area (Å²) in [5.41, 5.74) is 8.12. The van der Waals surface area contributed by atoms with Gasteiger partial charge in [-0.05, 0) is 50.1 Å². The van der Waals surface area contributed by atoms with Gasteiger partial charge < -0.3 is 10.5 Å². The number of ether oxygens (including phenoxy) is 1. The van der Waals surface area contributed by atoms with E-state index in [0.717, 1.165) is 17.9 Å². The molecule has 1 unspecified atom stereocenters. The van der Waals surface area contributed by atoms with E-state index in [0.29, 0.717) is 12.6 Å². The first-order chi connectivity index (χ1) is 9.12. The summed E-state index contributed by atoms with van der Waals surface area (Å²) < 4.78 is 5.30. The fraction of sp³-hybridized carbons (Fsp3) is 0.600. The van der Waals surface area contributed by atoms with E-state index in [9.17, 15) is 0 Å². The zero-order valence-electron chi connectivity index (χ0n) is 12.5. The molecule has 1 aromatic carbocycles. The number of hydrogen-bond acceptors (Lipinski definition) is 4. The minimum Gasteiger partial charge on any atom is -0.496 e. The summed E-state index contributed by atoms with van der Waals surface area (Å²) in [6.45, 7) is 3.75. The quantitative estimate of drug-likeness (QED) is 0.795. The van der Waals surface area contributed by atoms with Gasteiger partial charge in [0, 0.05) is 24.7 Å². The Morgan fingerprint density at radius 2 is 2.16 bits per heavy atom. The van der Waals surface area contributed by atoms with Crippen molar-refractivity contribution in [2.45, 2.75) is 32.5 Å². The van der Waals surface area contributed by atoms with Crippen molar-refractivity contribution >= 4 is 11.8 Å². The predicted molar refractivity (Wildman–Crippen MR) is 84.8 cm³/mol. The summed E-state index contributed by atoms with van der Waals surface area (Å²) >= 11 is 1.90. The van der Waals surface area contributed by atoms with Crippen LogP contribution >= 0.6 is 11.8 Å². The molecule has 0 aromatic heterocycles. The van der Waals surface area contributed by atoms with E-state index < -0.39 is 0 Å². The van der Waals surface area contributed by atoms with Crippen LogP contribution in [0.2, 0.25) is 0 Å². The second-order valence-corrected chi connectivity index (χ2v) is 5.88. The number of nitrogens with two attached hydrogens (primary N) is 1. The van der Waals surface area contributed by atoms with E-state index in [4.69, 9.17) is 10.5 Å². The van der Waals surface area contributed by atoms with Gasteiger partial charge in [-0.2, -0.15) is 11.8 Å². The molecule has 0 saturated heterocycles. The number of thioether (sulfide) groups is 1. The molecule has 0 heterocycles. The van der Waals surface area contributed by atoms with E-state index in [1.807, 2.05) is 17.8 Å². The van der Waals surface area contributed by atoms with Gasteiger partial charge in [0.15, 0.2) is 0 Å². The lowest BCUT2D eigenvalue weighted by Crippen LogP contribution is -2.29. The molecule has 0 radical (unpaired) electrons. The van der Waals surface area contributed by atoms with Crippen LogP contribution in [0.5, 0.6) is 5.75 Å². The Labute approximate surface area is 121 Å². The molecule has 0 bridgehead atoms. The Morgan fingerprint density at radius 1 is 1.42 bits per heavy atom. The zero-order valence-corrected chi connectivity index (χ0v) is 13.3. The summed E-state index contributed by atoms with van der Waals surface area (Å²) in [6.07, 6.45) is 3.38. The van der Waals surface area contributed by atoms with Gasteiger partial charge >= 0.3 is 0 Å². The first-order valence-corrected chi connectivity index (χ1v) is 8.06. The maximum Gasteiger partial charge on any atom is 0.123 e. The molecule has 0 aliphatic carbocycles. The molecule has 0 aliphatic rings. The van der Waals surface area contributed by atoms with Crippen LogP contribution in [0.3, 0.4) is 0 Å². The highest BCUT2D eigenvalue weighted by Crippen LogP contribution is 2.20. The van der Waals surface area contributed by atoms with Gasteiger partial charge in [0.05, 0.1) is 7.11 Å². The highest BCUT2D eigenvalue weighted by atomic mass is 32.2. The van der Waals surface area contributed by atoms with Crippen molar-refractivity contribution < 1.29 is 4.74 Å². The van der Waals surface area contributed by atoms with Crippen molar-refractivity contribution in [1.82, 2.24) is 4.90 Å². The fourth-order valence-electron chi connectivity index (χ4n) is 2.04. The van der Waals surface area contributed by atoms with Crippen molar-refractivity contribution in [3.63, 3.8) is 0 Å². The highest BCUT2D eigenvalue weighted by molar-refractivity contribution is 7.98. The standard InChI is InChI=1S/C15H26N2OS/c1-12(7-8-19-4)17(2)11-13-5-6-15(18-3)14(9-13)10-16/h5-6,9,12H,7-8,10-11,16H2,1-4H3. The van der Waals surface area contributed by atoms with Crippen LogP contribution in [0, 0.1) is 0 Å². The van der Waals surface area contributed by atoms with Crippen LogP contribution in [-0.4, -0.2) is 37.1 Å². The largest absolute Gasteiger partial charge is 0.496 e. The summed E-state index contributed by atoms with van der Waals surface area (Å²) in [5, 5.41) is 0. The van der Waals surface area contributed by atoms with E-state index in [-0.39, 0.29) is 0 Å². The molecule has 0 amide bonds. The van der Waals surface area contributed by atoms with Crippen LogP contribution in [0.1, 0.15) is 24.5 Å². The first-order valence-electron chi connectivity index (χ1n) is 6.67. The van der Waals surface area contributed by atoms with Crippen molar-refractivity contribution in [2.24, 2.45) is 5.73 Å². The van der Waals surface area contributed by atoms with Gasteiger partial charge in [-0.3, -0.25) is 4.90 Å². The molecule has 1 aromatic rings. The lowest BCUT2D eigenvalue weighted by Gasteiger charge is -2.25. The maximum absolute atomic E-state index is 5.76. The third kappa shape index (κ3) is 5.05. The predicted octanol–water partition coefficient (Wildman–Crippen LogP) is 2.73. The molecule has 4 heteroatoms. The molecule has 0 saturated carbocycles. The topological polar surface area (TPSA) is 38.5 Å². The number of hydrogen-bond donors (Lipinski definition) is 1. The van der Waals surface area contributed by atoms with Crippen LogP contribution in [0.4, 0.5) is 0 Å². The first kappa shape index (κ1) is 16.3. The Hall–Kier alpha value is -0.710. The van der Waals surface area contributed by atoms with Crippen molar-refractivity contribution in [3.05, 3.63) is 29.3 Å². The molecule has 0 fully saturated rings. The van der Waals surface area contributed by atoms with E-state index >= 15 is 0 Å². The molecular weight excluding hydrogens is 256 g/mol. The number of methoxy groups -OCH3 is 1. The van der Waals surface area contributed by atoms with Gasteiger partial charge in [0.25, 0.3) is 0 Å². The van der Waals surface area contributed by atoms with Crippen molar-refractivity contribution in [3.8, 4) is 5.75 Å². The third-order valence-electron chi connectivity index (χ3n) is 3.49. The second kappa shape index (κ2) is 8.46. The minimum atomic E-state index is 0.517. The summed E-state index contributed by atoms with van der Waals surface area (Å²) in [7, 11) is 3.86. The van der Waals surface area contributed by atoms with E-state index in [1.54, 1.807) is 7.11 Å². The Bertz CT molecular complexity index is 384. The van der Waals surface area contributed by atoms with Crippen LogP contribution in [-0.2, 0) is 13.1 Å². The van der Waals surface area contributed by atoms with E-state index in [1.165, 1.54) is 17.7 Å². The number of nitrogens with zero attached hydrogens (tertiary/aromatic N) is 1. The molecule has 19 heavy (non-hydrogen) atoms. The highest BCUT2D eigenvalue weighted by Gasteiger charge is 2.10. The van der Waals surface area contributed by atoms with Gasteiger partial charge in [-0.1, -0.05) is 6.07 Å². The minimum absolute atomic E-state index is 0.517. The smallest absolute Gasteiger partial charge is 0.123 e. The summed E-state index contributed by atoms with van der Waals surface area (Å²) in [5.74, 6) is 2.09. The summed E-state index contributed by atoms with van der Waals surface area (Å²) in [4.78, 5) is 2.39. The zero-order chi connectivity index (χ0) is 14.3. The molecule has 108 valence electrons. The Kier molecular flexibility index (Phi) is 7.28. The Morgan fingerprint density at radius 3 is 2.74 bits per heavy atom. The SMILES string of the molecule is COc1ccc(CN(C)C(C)CCSC)cc1CN. The summed E-state index contributed by atoms with van der Waals surface area (Å²) in [6, 6.07) is 6.88. The van der Waals surface area contributed by atoms with E-state index in [2.05, 4.69) is 37.3 Å².